The summed E-state index contributed by atoms with van der Waals surface area (Å²) in [5, 5.41) is 13.2. The van der Waals surface area contributed by atoms with Gasteiger partial charge in [-0.05, 0) is 64.3 Å². The maximum atomic E-state index is 14.8. The molecule has 3 aliphatic rings. The van der Waals surface area contributed by atoms with Gasteiger partial charge in [0.1, 0.15) is 17.7 Å². The quantitative estimate of drug-likeness (QED) is 0.142. The highest BCUT2D eigenvalue weighted by molar-refractivity contribution is 9.09. The lowest BCUT2D eigenvalue weighted by atomic mass is 9.70. The number of alkyl halides is 1. The van der Waals surface area contributed by atoms with Crippen LogP contribution in [0, 0.1) is 11.8 Å². The van der Waals surface area contributed by atoms with E-state index in [0.29, 0.717) is 24.9 Å². The van der Waals surface area contributed by atoms with Gasteiger partial charge in [0.2, 0.25) is 11.8 Å². The lowest BCUT2D eigenvalue weighted by Crippen LogP contribution is -2.59. The van der Waals surface area contributed by atoms with Crippen molar-refractivity contribution in [1.82, 2.24) is 10.2 Å². The normalized spacial score (nSPS) is 27.1. The number of halogens is 1. The van der Waals surface area contributed by atoms with E-state index in [4.69, 9.17) is 9.47 Å². The minimum absolute atomic E-state index is 0.112. The van der Waals surface area contributed by atoms with Crippen molar-refractivity contribution < 1.29 is 33.8 Å². The van der Waals surface area contributed by atoms with E-state index in [2.05, 4.69) is 53.2 Å². The molecule has 3 aliphatic heterocycles. The number of carbonyl (C=O) groups is 4. The summed E-state index contributed by atoms with van der Waals surface area (Å²) in [4.78, 5) is 60.0. The third-order valence-electron chi connectivity index (χ3n) is 9.66. The number of rotatable bonds is 17. The Labute approximate surface area is 286 Å². The van der Waals surface area contributed by atoms with Gasteiger partial charge in [0.25, 0.3) is 5.91 Å². The van der Waals surface area contributed by atoms with Gasteiger partial charge in [0.15, 0.2) is 0 Å². The second-order valence-corrected chi connectivity index (χ2v) is 13.6. The minimum Gasteiger partial charge on any atom is -0.460 e. The standard InChI is InChI=1S/C35H49BrN4O7/c1-7-12-13-27(42)37-20-22(6)46-34(45)28-29-32(43)40(23(9-3)21-41)31(35(29)19-26(36)30(28)47-35)33(44)39(18-8-2)25-16-14-24(15-17-25)38(10-4)11-5/h7-8,14-17,22-23,26,28-31,41H,1-2,9-13,18-21H2,3-6H3,(H,37,42)/t22-,23+,26?,28+,29-,30+,31+,35-/m1/s1. The van der Waals surface area contributed by atoms with Gasteiger partial charge in [-0.3, -0.25) is 19.2 Å². The topological polar surface area (TPSA) is 129 Å². The number of nitrogens with zero attached hydrogens (tertiary/aromatic N) is 3. The highest BCUT2D eigenvalue weighted by atomic mass is 79.9. The van der Waals surface area contributed by atoms with E-state index in [1.807, 2.05) is 31.2 Å². The Morgan fingerprint density at radius 1 is 1.17 bits per heavy atom. The Balaban J connectivity index is 1.67. The molecule has 11 nitrogen and oxygen atoms in total. The number of allylic oxidation sites excluding steroid dienone is 1. The molecule has 8 atom stereocenters. The molecule has 47 heavy (non-hydrogen) atoms. The first-order valence-electron chi connectivity index (χ1n) is 16.6. The number of anilines is 2. The smallest absolute Gasteiger partial charge is 0.312 e. The van der Waals surface area contributed by atoms with Crippen LogP contribution in [-0.2, 0) is 28.7 Å². The predicted molar refractivity (Wildman–Crippen MR) is 184 cm³/mol. The number of fused-ring (bicyclic) bond motifs is 1. The maximum absolute atomic E-state index is 14.8. The van der Waals surface area contributed by atoms with Crippen LogP contribution in [-0.4, -0.2) is 101 Å². The summed E-state index contributed by atoms with van der Waals surface area (Å²) in [7, 11) is 0. The van der Waals surface area contributed by atoms with Crippen LogP contribution in [0.5, 0.6) is 0 Å². The second kappa shape index (κ2) is 15.8. The molecule has 3 fully saturated rings. The highest BCUT2D eigenvalue weighted by Gasteiger charge is 2.77. The van der Waals surface area contributed by atoms with Crippen LogP contribution in [0.2, 0.25) is 0 Å². The van der Waals surface area contributed by atoms with Crippen molar-refractivity contribution >= 4 is 51.0 Å². The van der Waals surface area contributed by atoms with Crippen molar-refractivity contribution in [2.24, 2.45) is 11.8 Å². The summed E-state index contributed by atoms with van der Waals surface area (Å²) in [5.41, 5.74) is 0.347. The Hall–Kier alpha value is -3.22. The number of benzene rings is 1. The molecular formula is C35H49BrN4O7. The number of hydrogen-bond donors (Lipinski definition) is 2. The predicted octanol–water partition coefficient (Wildman–Crippen LogP) is 3.58. The fourth-order valence-electron chi connectivity index (χ4n) is 7.35. The molecule has 12 heteroatoms. The number of hydrogen-bond acceptors (Lipinski definition) is 8. The summed E-state index contributed by atoms with van der Waals surface area (Å²) < 4.78 is 12.4. The van der Waals surface area contributed by atoms with Crippen LogP contribution >= 0.6 is 15.9 Å². The zero-order chi connectivity index (χ0) is 34.5. The molecule has 3 heterocycles. The Bertz CT molecular complexity index is 1320. The minimum atomic E-state index is -1.32. The Morgan fingerprint density at radius 3 is 2.40 bits per heavy atom. The summed E-state index contributed by atoms with van der Waals surface area (Å²) >= 11 is 3.69. The van der Waals surface area contributed by atoms with E-state index in [9.17, 15) is 24.3 Å². The molecular weight excluding hydrogens is 668 g/mol. The monoisotopic (exact) mass is 716 g/mol. The molecule has 0 aliphatic carbocycles. The fourth-order valence-corrected chi connectivity index (χ4v) is 8.30. The molecule has 3 amide bonds. The molecule has 0 aromatic heterocycles. The highest BCUT2D eigenvalue weighted by Crippen LogP contribution is 2.61. The Kier molecular flexibility index (Phi) is 12.3. The molecule has 0 radical (unpaired) electrons. The number of ether oxygens (including phenoxy) is 2. The zero-order valence-electron chi connectivity index (χ0n) is 27.9. The first kappa shape index (κ1) is 36.6. The summed E-state index contributed by atoms with van der Waals surface area (Å²) in [6.07, 6.45) is 3.47. The number of aliphatic hydroxyl groups is 1. The van der Waals surface area contributed by atoms with Crippen LogP contribution in [0.25, 0.3) is 0 Å². The van der Waals surface area contributed by atoms with Crippen LogP contribution in [0.15, 0.2) is 49.6 Å². The van der Waals surface area contributed by atoms with E-state index in [0.717, 1.165) is 18.8 Å². The SMILES string of the molecule is C=CCCC(=O)NC[C@@H](C)OC(=O)[C@@H]1[C@H]2O[C@@]3(CC2Br)[C@H](C(=O)N(CC=C)c2ccc(N(CC)CC)cc2)N([C@@H](CC)CO)C(=O)[C@@H]13. The maximum Gasteiger partial charge on any atom is 0.312 e. The van der Waals surface area contributed by atoms with E-state index in [-0.39, 0.29) is 42.8 Å². The van der Waals surface area contributed by atoms with Crippen molar-refractivity contribution in [2.75, 3.05) is 42.6 Å². The molecule has 0 saturated carbocycles. The second-order valence-electron chi connectivity index (χ2n) is 12.5. The largest absolute Gasteiger partial charge is 0.460 e. The van der Waals surface area contributed by atoms with Crippen molar-refractivity contribution in [3.05, 3.63) is 49.6 Å². The third kappa shape index (κ3) is 7.00. The first-order chi connectivity index (χ1) is 22.5. The molecule has 2 N–H and O–H groups in total. The summed E-state index contributed by atoms with van der Waals surface area (Å²) in [5.74, 6) is -3.53. The summed E-state index contributed by atoms with van der Waals surface area (Å²) in [6.45, 7) is 16.8. The van der Waals surface area contributed by atoms with Gasteiger partial charge >= 0.3 is 5.97 Å². The number of likely N-dealkylation sites (tertiary alicyclic amines) is 1. The van der Waals surface area contributed by atoms with Crippen LogP contribution in [0.3, 0.4) is 0 Å². The van der Waals surface area contributed by atoms with Crippen LogP contribution in [0.4, 0.5) is 11.4 Å². The molecule has 3 saturated heterocycles. The molecule has 258 valence electrons. The van der Waals surface area contributed by atoms with Gasteiger partial charge in [-0.15, -0.1) is 13.2 Å². The van der Waals surface area contributed by atoms with Crippen LogP contribution < -0.4 is 15.1 Å². The average Bonchev–Trinajstić information content (AvgIpc) is 3.66. The van der Waals surface area contributed by atoms with Gasteiger partial charge in [0.05, 0.1) is 37.1 Å². The average molecular weight is 718 g/mol. The molecule has 1 spiro atoms. The zero-order valence-corrected chi connectivity index (χ0v) is 29.5. The molecule has 1 aromatic rings. The van der Waals surface area contributed by atoms with Crippen molar-refractivity contribution in [3.8, 4) is 0 Å². The van der Waals surface area contributed by atoms with E-state index in [1.54, 1.807) is 24.0 Å². The van der Waals surface area contributed by atoms with E-state index < -0.39 is 53.6 Å². The van der Waals surface area contributed by atoms with E-state index >= 15 is 0 Å². The van der Waals surface area contributed by atoms with Gasteiger partial charge < -0.3 is 34.6 Å². The lowest BCUT2D eigenvalue weighted by molar-refractivity contribution is -0.159. The molecule has 4 rings (SSSR count). The van der Waals surface area contributed by atoms with Gasteiger partial charge in [-0.1, -0.05) is 35.0 Å². The number of nitrogens with one attached hydrogen (secondary N) is 1. The van der Waals surface area contributed by atoms with Gasteiger partial charge in [0, 0.05) is 42.3 Å². The van der Waals surface area contributed by atoms with Crippen molar-refractivity contribution in [2.45, 2.75) is 88.1 Å². The fraction of sp³-hybridized carbons (Fsp3) is 0.600. The first-order valence-corrected chi connectivity index (χ1v) is 17.5. The van der Waals surface area contributed by atoms with Crippen molar-refractivity contribution in [3.63, 3.8) is 0 Å². The number of amides is 3. The molecule has 2 bridgehead atoms. The third-order valence-corrected chi connectivity index (χ3v) is 10.5. The van der Waals surface area contributed by atoms with E-state index in [1.165, 1.54) is 4.90 Å². The van der Waals surface area contributed by atoms with Gasteiger partial charge in [-0.2, -0.15) is 0 Å². The van der Waals surface area contributed by atoms with Crippen LogP contribution in [0.1, 0.15) is 53.4 Å². The van der Waals surface area contributed by atoms with Gasteiger partial charge in [-0.25, -0.2) is 0 Å². The molecule has 1 unspecified atom stereocenters. The summed E-state index contributed by atoms with van der Waals surface area (Å²) in [6, 6.07) is 5.94. The van der Waals surface area contributed by atoms with Crippen molar-refractivity contribution in [1.29, 1.82) is 0 Å². The molecule has 1 aromatic carbocycles. The number of carbonyl (C=O) groups excluding carboxylic acids is 4. The Morgan fingerprint density at radius 2 is 1.83 bits per heavy atom. The lowest BCUT2D eigenvalue weighted by Gasteiger charge is -2.39. The number of aliphatic hydroxyl groups excluding tert-OH is 1. The number of esters is 1.